The zero-order valence-corrected chi connectivity index (χ0v) is 74.2. The van der Waals surface area contributed by atoms with E-state index in [0.29, 0.717) is 40.8 Å². The molecule has 1 unspecified atom stereocenters. The molecule has 19 rings (SSSR count). The van der Waals surface area contributed by atoms with Crippen molar-refractivity contribution in [3.05, 3.63) is 358 Å². The maximum absolute atomic E-state index is 13.4. The number of hydrogen-bond donors (Lipinski definition) is 6. The van der Waals surface area contributed by atoms with Crippen molar-refractivity contribution in [1.82, 2.24) is 0 Å². The topological polar surface area (TPSA) is 233 Å². The average Bonchev–Trinajstić information content (AvgIpc) is 0.980. The second-order valence-corrected chi connectivity index (χ2v) is 40.3. The minimum atomic E-state index is -4.41. The molecular weight excluding hydrogens is 1680 g/mol. The van der Waals surface area contributed by atoms with Gasteiger partial charge in [-0.3, -0.25) is 0 Å². The molecule has 626 valence electrons. The Labute approximate surface area is 751 Å². The van der Waals surface area contributed by atoms with Gasteiger partial charge in [-0.1, -0.05) is 216 Å². The van der Waals surface area contributed by atoms with Crippen LogP contribution >= 0.6 is 47.0 Å². The number of nitrogens with zero attached hydrogens (tertiary/aromatic N) is 2. The molecule has 0 saturated heterocycles. The highest BCUT2D eigenvalue weighted by Gasteiger charge is 2.39. The summed E-state index contributed by atoms with van der Waals surface area (Å²) < 4.78 is 77.6. The summed E-state index contributed by atoms with van der Waals surface area (Å²) >= 11 is 6.96. The highest BCUT2D eigenvalue weighted by atomic mass is 32.3. The smallest absolute Gasteiger partial charge is 0.489 e. The van der Waals surface area contributed by atoms with Crippen molar-refractivity contribution in [3.63, 3.8) is 0 Å². The molecule has 124 heavy (non-hydrogen) atoms. The zero-order valence-electron chi connectivity index (χ0n) is 68.5. The fourth-order valence-corrected chi connectivity index (χ4v) is 23.1. The first-order chi connectivity index (χ1) is 59.4. The summed E-state index contributed by atoms with van der Waals surface area (Å²) in [6, 6.07) is 90.9. The van der Waals surface area contributed by atoms with Gasteiger partial charge in [-0.2, -0.15) is 3.71 Å². The van der Waals surface area contributed by atoms with Crippen LogP contribution in [0.5, 0.6) is 5.75 Å². The second kappa shape index (κ2) is 42.7. The minimum Gasteiger partial charge on any atom is -0.489 e. The lowest BCUT2D eigenvalue weighted by molar-refractivity contribution is 0.275. The van der Waals surface area contributed by atoms with Crippen molar-refractivity contribution in [2.45, 2.75) is 159 Å². The Morgan fingerprint density at radius 3 is 1.28 bits per heavy atom. The first-order valence-electron chi connectivity index (χ1n) is 40.7. The van der Waals surface area contributed by atoms with Gasteiger partial charge in [0.2, 0.25) is 0 Å². The molecule has 15 nitrogen and oxygen atoms in total. The lowest BCUT2D eigenvalue weighted by Crippen LogP contribution is -2.37. The molecule has 0 amide bonds. The summed E-state index contributed by atoms with van der Waals surface area (Å²) in [7, 11) is -10.8. The monoisotopic (exact) mass is 1770 g/mol. The molecule has 28 heteroatoms. The number of anilines is 1. The Bertz CT molecular complexity index is 6020. The predicted molar refractivity (Wildman–Crippen MR) is 514 cm³/mol. The van der Waals surface area contributed by atoms with E-state index in [1.54, 1.807) is 95.6 Å². The zero-order chi connectivity index (χ0) is 86.3. The van der Waals surface area contributed by atoms with Crippen molar-refractivity contribution in [2.75, 3.05) is 9.97 Å². The van der Waals surface area contributed by atoms with Crippen LogP contribution < -0.4 is 41.2 Å². The van der Waals surface area contributed by atoms with Gasteiger partial charge in [0.25, 0.3) is 20.0 Å². The van der Waals surface area contributed by atoms with Crippen molar-refractivity contribution in [2.24, 2.45) is 0 Å². The van der Waals surface area contributed by atoms with Gasteiger partial charge in [-0.15, -0.1) is 11.8 Å². The maximum Gasteiger partial charge on any atom is 0.491 e. The highest BCUT2D eigenvalue weighted by molar-refractivity contribution is 8.10. The Hall–Kier alpha value is -9.49. The Morgan fingerprint density at radius 1 is 0.403 bits per heavy atom. The molecule has 0 fully saturated rings. The van der Waals surface area contributed by atoms with Gasteiger partial charge in [0.1, 0.15) is 12.4 Å². The van der Waals surface area contributed by atoms with Gasteiger partial charge in [-0.25, -0.2) is 25.9 Å². The van der Waals surface area contributed by atoms with E-state index in [2.05, 4.69) is 140 Å². The van der Waals surface area contributed by atoms with Gasteiger partial charge < -0.3 is 39.5 Å². The third kappa shape index (κ3) is 23.2. The van der Waals surface area contributed by atoms with E-state index in [0.717, 1.165) is 121 Å². The molecule has 6 aliphatic rings. The molecule has 0 saturated carbocycles. The second-order valence-electron chi connectivity index (χ2n) is 30.7. The van der Waals surface area contributed by atoms with E-state index in [-0.39, 0.29) is 43.7 Å². The molecular formula is C96H94B6N2O13S7. The van der Waals surface area contributed by atoms with Crippen molar-refractivity contribution >= 4 is 164 Å². The molecule has 13 aromatic rings. The summed E-state index contributed by atoms with van der Waals surface area (Å²) in [6.07, 6.45) is 10.3. The van der Waals surface area contributed by atoms with Gasteiger partial charge in [0.05, 0.1) is 39.5 Å². The minimum absolute atomic E-state index is 0. The molecule has 0 radical (unpaired) electrons. The standard InChI is InChI=1S/C20H18BNO5S2.C16H14BNO2.C15H15BO2S.C15H15BOS2.C15H15BOS.C14H13BO2S.CH4/c23-21-14-13-16-15-17(11-12-20(16)21)22(28(24,25)18-7-3-1-4-8-18)29(26,27)19-9-5-2-6-10-19;1-18-14-4-2-3-12(9-14)11-20-15-5-6-16-13(10-15)7-8-17(16)19;1-11-2-5-13(6-3-11)19(18)14-7-4-12-8-9-16(17)15(12)10-14;1-18-12-4-6-13(7-5-12)19-14-3-2-11-8-9-16(17)15(11)10-14;1-11-2-5-13(6-3-11)18-14-7-4-12-8-9-16(17)15(12)10-14;1-10-2-5-12(6-3-10)18-13-7-4-11-9-17-15(16)14(11)8-13;/h1-12,15,23H,13-14H2;2-6,9-10,19H,7-8,11H2;2*2-7,10,17H,8-9H2,1H3;2-7,10,17H,8-9H2,1H3;2-8,16H,9H2,1H3;1H4. The van der Waals surface area contributed by atoms with Gasteiger partial charge in [-0.05, 0) is 297 Å². The van der Waals surface area contributed by atoms with Crippen LogP contribution in [0.3, 0.4) is 0 Å². The highest BCUT2D eigenvalue weighted by Crippen LogP contribution is 2.36. The third-order valence-electron chi connectivity index (χ3n) is 22.0. The number of sulfonamides is 2. The lowest BCUT2D eigenvalue weighted by atomic mass is 9.63. The largest absolute Gasteiger partial charge is 0.491 e. The van der Waals surface area contributed by atoms with E-state index >= 15 is 0 Å². The van der Waals surface area contributed by atoms with E-state index < -0.39 is 51.8 Å². The van der Waals surface area contributed by atoms with Gasteiger partial charge in [0, 0.05) is 44.1 Å². The molecule has 0 aliphatic carbocycles. The Kier molecular flexibility index (Phi) is 31.7. The molecule has 0 aromatic heterocycles. The lowest BCUT2D eigenvalue weighted by Gasteiger charge is -2.24. The normalized spacial score (nSPS) is 13.8. The summed E-state index contributed by atoms with van der Waals surface area (Å²) in [5.74, 6) is 0.811. The summed E-state index contributed by atoms with van der Waals surface area (Å²) in [6.45, 7) is 12.3. The number of benzene rings is 13. The number of ether oxygens (including phenoxy) is 1. The molecule has 6 aliphatic heterocycles. The van der Waals surface area contributed by atoms with Gasteiger partial charge in [0.15, 0.2) is 5.69 Å². The first kappa shape index (κ1) is 92.2. The van der Waals surface area contributed by atoms with Crippen LogP contribution in [-0.4, -0.2) is 99.1 Å². The average molecular weight is 1770 g/mol. The molecule has 6 N–H and O–H groups in total. The van der Waals surface area contributed by atoms with E-state index in [1.165, 1.54) is 99.2 Å². The number of hydrogen-bond acceptors (Lipinski definition) is 17. The third-order valence-corrected chi connectivity index (χ3v) is 31.4. The van der Waals surface area contributed by atoms with E-state index in [9.17, 15) is 51.2 Å². The predicted octanol–water partition coefficient (Wildman–Crippen LogP) is 15.7. The maximum atomic E-state index is 13.4. The number of rotatable bonds is 17. The summed E-state index contributed by atoms with van der Waals surface area (Å²) in [4.78, 5) is 13.2. The number of fused-ring (bicyclic) bond motifs is 6. The fourth-order valence-electron chi connectivity index (χ4n) is 15.3. The SMILES string of the molecule is C.CSc1ccc(Sc2ccc3c(c2)B(O)CC3)cc1.Cc1ccc(S(=O)c2ccc3c(c2)B(O)CC3)cc1.Cc1ccc(Sc2ccc3c(c2)B(O)CC3)cc1.Cc1ccc(Sc2ccc3c(c2)B(O)OC3)cc1.O=S(=O)(c1ccccc1)N(c1ccc2c(c1)CCB2O)S(=O)(=O)c1ccccc1.[C-]#[N+]c1cccc(COc2ccc3c(c2)CCB3O)c1. The Morgan fingerprint density at radius 2 is 0.798 bits per heavy atom. The van der Waals surface area contributed by atoms with Crippen molar-refractivity contribution < 1.29 is 60.6 Å². The number of aryl methyl sites for hydroxylation is 8. The van der Waals surface area contributed by atoms with Gasteiger partial charge >= 0.3 is 41.7 Å². The molecule has 1 atom stereocenters. The molecule has 13 aromatic carbocycles. The first-order valence-corrected chi connectivity index (χ1v) is 48.4. The van der Waals surface area contributed by atoms with Crippen molar-refractivity contribution in [1.29, 1.82) is 0 Å². The quantitative estimate of drug-likeness (QED) is 0.0283. The van der Waals surface area contributed by atoms with Crippen LogP contribution in [0.4, 0.5) is 11.4 Å². The molecule has 0 bridgehead atoms. The van der Waals surface area contributed by atoms with E-state index in [1.807, 2.05) is 97.9 Å². The van der Waals surface area contributed by atoms with Crippen molar-refractivity contribution in [3.8, 4) is 5.75 Å². The van der Waals surface area contributed by atoms with Crippen LogP contribution in [0.1, 0.15) is 63.1 Å². The van der Waals surface area contributed by atoms with Crippen LogP contribution in [0.15, 0.2) is 345 Å². The van der Waals surface area contributed by atoms with Crippen LogP contribution in [0, 0.1) is 27.3 Å². The molecule has 6 heterocycles. The van der Waals surface area contributed by atoms with Crippen LogP contribution in [0.2, 0.25) is 31.6 Å². The van der Waals surface area contributed by atoms with Crippen LogP contribution in [-0.2, 0) is 80.8 Å². The summed E-state index contributed by atoms with van der Waals surface area (Å²) in [5.41, 5.74) is 17.9. The fraction of sp³-hybridized carbons (Fsp3) is 0.177. The number of thioether (sulfide) groups is 1. The van der Waals surface area contributed by atoms with Crippen LogP contribution in [0.25, 0.3) is 4.85 Å². The molecule has 0 spiro atoms. The Balaban J connectivity index is 0.000000129. The van der Waals surface area contributed by atoms with E-state index in [4.69, 9.17) is 16.0 Å². The summed E-state index contributed by atoms with van der Waals surface area (Å²) in [5, 5.41) is 59.2.